The molecule has 1 amide bonds. The van der Waals surface area contributed by atoms with Crippen LogP contribution in [0.15, 0.2) is 97.5 Å². The minimum Gasteiger partial charge on any atom is -0.491 e. The molecule has 1 atom stereocenters. The molecule has 2 aromatic carbocycles. The van der Waals surface area contributed by atoms with Gasteiger partial charge in [0.15, 0.2) is 0 Å². The Balaban J connectivity index is 0.000000174. The molecule has 0 saturated carbocycles. The number of ether oxygens (including phenoxy) is 1. The van der Waals surface area contributed by atoms with Crippen molar-refractivity contribution >= 4 is 5.91 Å². The Morgan fingerprint density at radius 1 is 0.875 bits per heavy atom. The van der Waals surface area contributed by atoms with Gasteiger partial charge in [-0.05, 0) is 59.7 Å². The highest BCUT2D eigenvalue weighted by Crippen LogP contribution is 2.29. The smallest absolute Gasteiger partial charge is 0.251 e. The average Bonchev–Trinajstić information content (AvgIpc) is 2.86. The lowest BCUT2D eigenvalue weighted by molar-refractivity contribution is 0.0923. The predicted octanol–water partition coefficient (Wildman–Crippen LogP) is 5.22. The highest BCUT2D eigenvalue weighted by molar-refractivity contribution is 5.94. The third kappa shape index (κ3) is 5.35. The van der Waals surface area contributed by atoms with Crippen LogP contribution < -0.4 is 10.1 Å². The number of nitrogens with zero attached hydrogens (tertiary/aromatic N) is 2. The molecule has 1 aliphatic heterocycles. The van der Waals surface area contributed by atoms with Crippen molar-refractivity contribution in [3.05, 3.63) is 115 Å². The summed E-state index contributed by atoms with van der Waals surface area (Å²) in [6.07, 6.45) is 5.95. The van der Waals surface area contributed by atoms with Gasteiger partial charge in [-0.2, -0.15) is 0 Å². The van der Waals surface area contributed by atoms with E-state index >= 15 is 0 Å². The monoisotopic (exact) mass is 427 g/mol. The number of carbonyl (C=O) groups excluding carboxylic acids is 1. The lowest BCUT2D eigenvalue weighted by atomic mass is 10.1. The Morgan fingerprint density at radius 3 is 2.34 bits per heavy atom. The van der Waals surface area contributed by atoms with E-state index in [1.165, 1.54) is 35.4 Å². The normalized spacial score (nSPS) is 14.2. The predicted molar refractivity (Wildman–Crippen MR) is 121 cm³/mol. The molecule has 5 rings (SSSR count). The van der Waals surface area contributed by atoms with Gasteiger partial charge in [-0.1, -0.05) is 30.3 Å². The summed E-state index contributed by atoms with van der Waals surface area (Å²) in [5, 5.41) is 2.91. The van der Waals surface area contributed by atoms with Gasteiger partial charge >= 0.3 is 0 Å². The first-order chi connectivity index (χ1) is 15.7. The second kappa shape index (κ2) is 10.3. The maximum atomic E-state index is 12.8. The molecular weight excluding hydrogens is 405 g/mol. The third-order valence-electron chi connectivity index (χ3n) is 4.99. The van der Waals surface area contributed by atoms with Gasteiger partial charge in [0.25, 0.3) is 5.91 Å². The van der Waals surface area contributed by atoms with Gasteiger partial charge in [0.05, 0.1) is 12.6 Å². The summed E-state index contributed by atoms with van der Waals surface area (Å²) < 4.78 is 18.3. The quantitative estimate of drug-likeness (QED) is 0.487. The number of carbonyl (C=O) groups is 1. The summed E-state index contributed by atoms with van der Waals surface area (Å²) in [6.45, 7) is 0.535. The number of hydrogen-bond acceptors (Lipinski definition) is 4. The van der Waals surface area contributed by atoms with Crippen LogP contribution in [0, 0.1) is 5.82 Å². The fourth-order valence-corrected chi connectivity index (χ4v) is 3.37. The van der Waals surface area contributed by atoms with Crippen LogP contribution in [0.4, 0.5) is 4.39 Å². The van der Waals surface area contributed by atoms with Gasteiger partial charge in [-0.15, -0.1) is 0 Å². The Bertz CT molecular complexity index is 1120. The van der Waals surface area contributed by atoms with E-state index in [0.29, 0.717) is 24.3 Å². The number of halogens is 1. The van der Waals surface area contributed by atoms with E-state index in [9.17, 15) is 9.18 Å². The Morgan fingerprint density at radius 2 is 1.59 bits per heavy atom. The van der Waals surface area contributed by atoms with E-state index in [4.69, 9.17) is 4.74 Å². The van der Waals surface area contributed by atoms with E-state index in [1.807, 2.05) is 48.8 Å². The van der Waals surface area contributed by atoms with Gasteiger partial charge in [-0.25, -0.2) is 4.39 Å². The highest BCUT2D eigenvalue weighted by Gasteiger charge is 2.24. The summed E-state index contributed by atoms with van der Waals surface area (Å²) in [4.78, 5) is 20.4. The van der Waals surface area contributed by atoms with Gasteiger partial charge in [0.2, 0.25) is 0 Å². The molecule has 1 N–H and O–H groups in total. The van der Waals surface area contributed by atoms with Crippen LogP contribution >= 0.6 is 0 Å². The number of hydrogen-bond donors (Lipinski definition) is 1. The fourth-order valence-electron chi connectivity index (χ4n) is 3.37. The summed E-state index contributed by atoms with van der Waals surface area (Å²) in [5.74, 6) is 0.0938. The molecule has 0 bridgehead atoms. The molecule has 6 heteroatoms. The largest absolute Gasteiger partial charge is 0.491 e. The van der Waals surface area contributed by atoms with Crippen LogP contribution in [-0.4, -0.2) is 22.5 Å². The number of aromatic nitrogens is 2. The Kier molecular flexibility index (Phi) is 6.82. The molecule has 160 valence electrons. The summed E-state index contributed by atoms with van der Waals surface area (Å²) in [7, 11) is 0. The molecule has 0 spiro atoms. The first-order valence-corrected chi connectivity index (χ1v) is 10.3. The maximum absolute atomic E-state index is 12.8. The summed E-state index contributed by atoms with van der Waals surface area (Å²) >= 11 is 0. The lowest BCUT2D eigenvalue weighted by Gasteiger charge is -2.25. The van der Waals surface area contributed by atoms with Crippen molar-refractivity contribution in [3.8, 4) is 16.9 Å². The maximum Gasteiger partial charge on any atom is 0.251 e. The SMILES string of the molecule is O=C(NC1CCOc2cccnc21)c1ccc(F)cc1.c1ccc(-c2ccncc2)cc1. The fraction of sp³-hybridized carbons (Fsp3) is 0.115. The van der Waals surface area contributed by atoms with Crippen molar-refractivity contribution in [1.82, 2.24) is 15.3 Å². The number of benzene rings is 2. The molecule has 0 radical (unpaired) electrons. The number of pyridine rings is 2. The van der Waals surface area contributed by atoms with Crippen LogP contribution in [0.2, 0.25) is 0 Å². The Hall–Kier alpha value is -4.06. The topological polar surface area (TPSA) is 64.1 Å². The molecule has 4 aromatic rings. The van der Waals surface area contributed by atoms with Crippen molar-refractivity contribution < 1.29 is 13.9 Å². The van der Waals surface area contributed by atoms with Gasteiger partial charge in [0.1, 0.15) is 17.3 Å². The van der Waals surface area contributed by atoms with E-state index in [1.54, 1.807) is 12.3 Å². The third-order valence-corrected chi connectivity index (χ3v) is 4.99. The number of amides is 1. The van der Waals surface area contributed by atoms with Gasteiger partial charge in [0, 0.05) is 30.6 Å². The van der Waals surface area contributed by atoms with Crippen molar-refractivity contribution in [1.29, 1.82) is 0 Å². The van der Waals surface area contributed by atoms with Crippen molar-refractivity contribution in [2.45, 2.75) is 12.5 Å². The van der Waals surface area contributed by atoms with Crippen LogP contribution in [0.1, 0.15) is 28.5 Å². The van der Waals surface area contributed by atoms with Crippen molar-refractivity contribution in [2.75, 3.05) is 6.61 Å². The zero-order valence-electron chi connectivity index (χ0n) is 17.3. The minimum atomic E-state index is -0.361. The van der Waals surface area contributed by atoms with E-state index in [2.05, 4.69) is 27.4 Å². The number of rotatable bonds is 3. The zero-order valence-corrected chi connectivity index (χ0v) is 17.3. The van der Waals surface area contributed by atoms with Crippen molar-refractivity contribution in [3.63, 3.8) is 0 Å². The molecule has 2 aromatic heterocycles. The number of nitrogens with one attached hydrogen (secondary N) is 1. The molecule has 1 unspecified atom stereocenters. The van der Waals surface area contributed by atoms with Crippen LogP contribution in [0.5, 0.6) is 5.75 Å². The molecule has 0 aliphatic carbocycles. The van der Waals surface area contributed by atoms with Gasteiger partial charge < -0.3 is 10.1 Å². The van der Waals surface area contributed by atoms with Crippen molar-refractivity contribution in [2.24, 2.45) is 0 Å². The molecule has 5 nitrogen and oxygen atoms in total. The molecular formula is C26H22FN3O2. The molecule has 1 aliphatic rings. The molecule has 0 saturated heterocycles. The van der Waals surface area contributed by atoms with Crippen LogP contribution in [-0.2, 0) is 0 Å². The summed E-state index contributed by atoms with van der Waals surface area (Å²) in [6, 6.07) is 23.2. The first-order valence-electron chi connectivity index (χ1n) is 10.3. The Labute approximate surface area is 185 Å². The highest BCUT2D eigenvalue weighted by atomic mass is 19.1. The molecule has 3 heterocycles. The number of fused-ring (bicyclic) bond motifs is 1. The second-order valence-electron chi connectivity index (χ2n) is 7.16. The average molecular weight is 427 g/mol. The first kappa shape index (κ1) is 21.2. The summed E-state index contributed by atoms with van der Waals surface area (Å²) in [5.41, 5.74) is 3.61. The van der Waals surface area contributed by atoms with E-state index in [0.717, 1.165) is 5.69 Å². The minimum absolute atomic E-state index is 0.183. The van der Waals surface area contributed by atoms with Crippen LogP contribution in [0.3, 0.4) is 0 Å². The molecule has 0 fully saturated rings. The molecule has 32 heavy (non-hydrogen) atoms. The van der Waals surface area contributed by atoms with E-state index < -0.39 is 0 Å². The zero-order chi connectivity index (χ0) is 22.2. The van der Waals surface area contributed by atoms with Gasteiger partial charge in [-0.3, -0.25) is 14.8 Å². The van der Waals surface area contributed by atoms with Crippen LogP contribution in [0.25, 0.3) is 11.1 Å². The standard InChI is InChI=1S/C15H13FN2O2.C11H9N/c16-11-5-3-10(4-6-11)15(19)18-12-7-9-20-13-2-1-8-17-14(12)13;1-2-4-10(5-3-1)11-6-8-12-9-7-11/h1-6,8,12H,7,9H2,(H,18,19);1-9H. The second-order valence-corrected chi connectivity index (χ2v) is 7.16. The lowest BCUT2D eigenvalue weighted by Crippen LogP contribution is -2.32. The van der Waals surface area contributed by atoms with E-state index in [-0.39, 0.29) is 17.8 Å².